The lowest BCUT2D eigenvalue weighted by Crippen LogP contribution is -2.35. The second-order valence-electron chi connectivity index (χ2n) is 9.80. The van der Waals surface area contributed by atoms with Crippen LogP contribution < -0.4 is 15.6 Å². The largest absolute Gasteiger partial charge is 0.495 e. The second kappa shape index (κ2) is 12.8. The highest BCUT2D eigenvalue weighted by Gasteiger charge is 2.30. The van der Waals surface area contributed by atoms with Crippen LogP contribution in [-0.4, -0.2) is 41.9 Å². The zero-order valence-electron chi connectivity index (χ0n) is 22.2. The molecule has 1 aromatic heterocycles. The van der Waals surface area contributed by atoms with Crippen molar-refractivity contribution in [1.29, 1.82) is 5.26 Å². The van der Waals surface area contributed by atoms with Crippen molar-refractivity contribution in [2.45, 2.75) is 44.2 Å². The number of nitrogens with zero attached hydrogens (tertiary/aromatic N) is 2. The van der Waals surface area contributed by atoms with E-state index in [4.69, 9.17) is 21.1 Å². The average Bonchev–Trinajstić information content (AvgIpc) is 2.96. The number of aromatic nitrogens is 1. The molecule has 1 aliphatic carbocycles. The van der Waals surface area contributed by atoms with Gasteiger partial charge in [-0.3, -0.25) is 14.2 Å². The summed E-state index contributed by atoms with van der Waals surface area (Å²) in [5.74, 6) is -0.980. The van der Waals surface area contributed by atoms with Gasteiger partial charge in [-0.2, -0.15) is 5.26 Å². The molecule has 0 unspecified atom stereocenters. The summed E-state index contributed by atoms with van der Waals surface area (Å²) in [6.45, 7) is 0. The number of nitrogens with one attached hydrogen (secondary N) is 1. The van der Waals surface area contributed by atoms with Crippen LogP contribution >= 0.6 is 11.6 Å². The number of aromatic carboxylic acids is 1. The molecular formula is C30H30ClN3O6. The highest BCUT2D eigenvalue weighted by Crippen LogP contribution is 2.36. The minimum Gasteiger partial charge on any atom is -0.495 e. The van der Waals surface area contributed by atoms with Crippen molar-refractivity contribution in [3.05, 3.63) is 81.2 Å². The lowest BCUT2D eigenvalue weighted by atomic mass is 9.83. The number of carbonyl (C=O) groups is 2. The van der Waals surface area contributed by atoms with Gasteiger partial charge in [0, 0.05) is 35.0 Å². The molecule has 9 nitrogen and oxygen atoms in total. The predicted octanol–water partition coefficient (Wildman–Crippen LogP) is 5.52. The van der Waals surface area contributed by atoms with Crippen LogP contribution in [0.25, 0.3) is 11.1 Å². The van der Waals surface area contributed by atoms with Crippen LogP contribution in [0, 0.1) is 17.2 Å². The molecule has 0 aliphatic heterocycles. The number of methoxy groups -OCH3 is 2. The number of anilines is 1. The molecule has 0 bridgehead atoms. The first-order chi connectivity index (χ1) is 19.2. The molecule has 1 amide bonds. The van der Waals surface area contributed by atoms with Gasteiger partial charge in [0.25, 0.3) is 5.56 Å². The quantitative estimate of drug-likeness (QED) is 0.350. The van der Waals surface area contributed by atoms with Crippen LogP contribution in [0.5, 0.6) is 5.75 Å². The van der Waals surface area contributed by atoms with Gasteiger partial charge in [-0.05, 0) is 80.5 Å². The lowest BCUT2D eigenvalue weighted by Gasteiger charge is -2.30. The van der Waals surface area contributed by atoms with E-state index in [1.54, 1.807) is 25.3 Å². The number of ether oxygens (including phenoxy) is 2. The minimum atomic E-state index is -1.07. The van der Waals surface area contributed by atoms with Crippen LogP contribution in [0.4, 0.5) is 5.69 Å². The van der Waals surface area contributed by atoms with Gasteiger partial charge >= 0.3 is 5.97 Å². The number of hydrogen-bond donors (Lipinski definition) is 2. The zero-order chi connectivity index (χ0) is 28.8. The molecule has 0 spiro atoms. The van der Waals surface area contributed by atoms with Crippen molar-refractivity contribution in [3.8, 4) is 22.9 Å². The normalized spacial score (nSPS) is 17.4. The molecule has 2 aromatic carbocycles. The number of pyridine rings is 1. The first-order valence-corrected chi connectivity index (χ1v) is 13.3. The van der Waals surface area contributed by atoms with E-state index in [1.807, 2.05) is 0 Å². The van der Waals surface area contributed by atoms with E-state index < -0.39 is 23.5 Å². The van der Waals surface area contributed by atoms with Gasteiger partial charge in [0.05, 0.1) is 36.6 Å². The minimum absolute atomic E-state index is 0.0961. The molecule has 1 heterocycles. The van der Waals surface area contributed by atoms with E-state index in [1.165, 1.54) is 48.2 Å². The molecular weight excluding hydrogens is 534 g/mol. The van der Waals surface area contributed by atoms with Gasteiger partial charge in [0.1, 0.15) is 11.8 Å². The average molecular weight is 564 g/mol. The summed E-state index contributed by atoms with van der Waals surface area (Å²) < 4.78 is 12.5. The van der Waals surface area contributed by atoms with Crippen molar-refractivity contribution in [1.82, 2.24) is 4.57 Å². The Morgan fingerprint density at radius 2 is 1.80 bits per heavy atom. The predicted molar refractivity (Wildman–Crippen MR) is 151 cm³/mol. The third-order valence-electron chi connectivity index (χ3n) is 7.38. The van der Waals surface area contributed by atoms with Crippen LogP contribution in [-0.2, 0) is 9.53 Å². The molecule has 4 rings (SSSR count). The van der Waals surface area contributed by atoms with Gasteiger partial charge in [0.2, 0.25) is 5.91 Å². The van der Waals surface area contributed by atoms with E-state index >= 15 is 0 Å². The maximum Gasteiger partial charge on any atom is 0.335 e. The monoisotopic (exact) mass is 563 g/mol. The third-order valence-corrected chi connectivity index (χ3v) is 7.61. The molecule has 0 radical (unpaired) electrons. The van der Waals surface area contributed by atoms with E-state index in [-0.39, 0.29) is 17.6 Å². The number of amides is 1. The molecule has 1 atom stereocenters. The Morgan fingerprint density at radius 3 is 2.40 bits per heavy atom. The summed E-state index contributed by atoms with van der Waals surface area (Å²) in [4.78, 5) is 38.4. The van der Waals surface area contributed by atoms with E-state index in [0.29, 0.717) is 39.6 Å². The molecule has 1 saturated carbocycles. The maximum atomic E-state index is 13.7. The third kappa shape index (κ3) is 6.53. The second-order valence-corrected chi connectivity index (χ2v) is 10.2. The van der Waals surface area contributed by atoms with Crippen molar-refractivity contribution in [2.75, 3.05) is 19.5 Å². The summed E-state index contributed by atoms with van der Waals surface area (Å²) in [5, 5.41) is 22.0. The Bertz CT molecular complexity index is 1490. The van der Waals surface area contributed by atoms with Crippen LogP contribution in [0.2, 0.25) is 5.02 Å². The van der Waals surface area contributed by atoms with E-state index in [0.717, 1.165) is 25.7 Å². The highest BCUT2D eigenvalue weighted by atomic mass is 35.5. The molecule has 3 aromatic rings. The van der Waals surface area contributed by atoms with Crippen molar-refractivity contribution in [3.63, 3.8) is 0 Å². The van der Waals surface area contributed by atoms with Crippen molar-refractivity contribution in [2.24, 2.45) is 5.92 Å². The van der Waals surface area contributed by atoms with Gasteiger partial charge in [-0.1, -0.05) is 11.6 Å². The molecule has 1 fully saturated rings. The number of carboxylic acids is 1. The Hall–Kier alpha value is -4.13. The topological polar surface area (TPSA) is 131 Å². The van der Waals surface area contributed by atoms with Gasteiger partial charge in [0.15, 0.2) is 0 Å². The summed E-state index contributed by atoms with van der Waals surface area (Å²) in [7, 11) is 3.15. The van der Waals surface area contributed by atoms with Crippen LogP contribution in [0.1, 0.15) is 54.1 Å². The standard InChI is InChI=1S/C30H30ClN3O6/c1-39-23-11-3-18(4-12-23)13-26(29(36)33-22-9-6-19(7-10-22)30(37)38)34-17-27(40-2)25(15-28(34)35)24-14-21(31)8-5-20(24)16-32/h5-10,14-15,17-18,23,26H,3-4,11-13H2,1-2H3,(H,33,36)(H,37,38)/t18-,23+,26-/m0/s1. The summed E-state index contributed by atoms with van der Waals surface area (Å²) in [5.41, 5.74) is 1.25. The summed E-state index contributed by atoms with van der Waals surface area (Å²) in [6.07, 6.45) is 5.55. The molecule has 10 heteroatoms. The maximum absolute atomic E-state index is 13.7. The first-order valence-electron chi connectivity index (χ1n) is 12.9. The lowest BCUT2D eigenvalue weighted by molar-refractivity contribution is -0.120. The van der Waals surface area contributed by atoms with Gasteiger partial charge in [-0.15, -0.1) is 0 Å². The number of halogens is 1. The summed E-state index contributed by atoms with van der Waals surface area (Å²) in [6, 6.07) is 13.2. The number of rotatable bonds is 9. The smallest absolute Gasteiger partial charge is 0.335 e. The van der Waals surface area contributed by atoms with Crippen LogP contribution in [0.15, 0.2) is 59.5 Å². The molecule has 2 N–H and O–H groups in total. The zero-order valence-corrected chi connectivity index (χ0v) is 23.0. The first kappa shape index (κ1) is 28.9. The van der Waals surface area contributed by atoms with Gasteiger partial charge < -0.3 is 19.9 Å². The number of carboxylic acid groups (broad SMARTS) is 1. The fourth-order valence-corrected chi connectivity index (χ4v) is 5.34. The Labute approximate surface area is 236 Å². The SMILES string of the molecule is COc1cn([C@@H](C[C@H]2CC[C@@H](OC)CC2)C(=O)Nc2ccc(C(=O)O)cc2)c(=O)cc1-c1cc(Cl)ccc1C#N. The van der Waals surface area contributed by atoms with E-state index in [9.17, 15) is 24.8 Å². The Kier molecular flexibility index (Phi) is 9.25. The van der Waals surface area contributed by atoms with E-state index in [2.05, 4.69) is 11.4 Å². The Morgan fingerprint density at radius 1 is 1.10 bits per heavy atom. The molecule has 208 valence electrons. The molecule has 40 heavy (non-hydrogen) atoms. The Balaban J connectivity index is 1.72. The number of nitriles is 1. The van der Waals surface area contributed by atoms with Crippen molar-refractivity contribution >= 4 is 29.2 Å². The van der Waals surface area contributed by atoms with Crippen molar-refractivity contribution < 1.29 is 24.2 Å². The highest BCUT2D eigenvalue weighted by molar-refractivity contribution is 6.31. The fourth-order valence-electron chi connectivity index (χ4n) is 5.17. The number of hydrogen-bond acceptors (Lipinski definition) is 6. The summed E-state index contributed by atoms with van der Waals surface area (Å²) >= 11 is 6.19. The van der Waals surface area contributed by atoms with Gasteiger partial charge in [-0.25, -0.2) is 4.79 Å². The number of carbonyl (C=O) groups excluding carboxylic acids is 1. The molecule has 1 aliphatic rings. The van der Waals surface area contributed by atoms with Crippen LogP contribution in [0.3, 0.4) is 0 Å². The number of benzene rings is 2. The fraction of sp³-hybridized carbons (Fsp3) is 0.333. The molecule has 0 saturated heterocycles.